The van der Waals surface area contributed by atoms with E-state index < -0.39 is 11.7 Å². The number of hydrogen-bond donors (Lipinski definition) is 3. The molecule has 0 fully saturated rings. The first-order valence-corrected chi connectivity index (χ1v) is 11.3. The molecular weight excluding hydrogens is 460 g/mol. The number of allylic oxidation sites excluding steroid dienone is 1. The molecule has 180 valence electrons. The first-order chi connectivity index (χ1) is 17.5. The highest BCUT2D eigenvalue weighted by Gasteiger charge is 2.14. The molecule has 0 saturated heterocycles. The highest BCUT2D eigenvalue weighted by molar-refractivity contribution is 6.05. The summed E-state index contributed by atoms with van der Waals surface area (Å²) in [4.78, 5) is 19.2. The number of benzene rings is 3. The third-order valence-electron chi connectivity index (χ3n) is 5.74. The normalized spacial score (nSPS) is 12.9. The largest absolute Gasteiger partial charge is 0.377 e. The molecule has 4 aromatic rings. The fourth-order valence-electron chi connectivity index (χ4n) is 3.87. The third-order valence-corrected chi connectivity index (χ3v) is 5.74. The topological polar surface area (TPSA) is 69.3 Å². The number of anilines is 4. The molecule has 0 bridgehead atoms. The summed E-state index contributed by atoms with van der Waals surface area (Å²) in [5.41, 5.74) is 3.36. The van der Waals surface area contributed by atoms with Gasteiger partial charge in [-0.05, 0) is 66.7 Å². The Balaban J connectivity index is 1.33. The van der Waals surface area contributed by atoms with E-state index in [1.54, 1.807) is 54.7 Å². The van der Waals surface area contributed by atoms with Gasteiger partial charge < -0.3 is 20.9 Å². The van der Waals surface area contributed by atoms with Crippen molar-refractivity contribution >= 4 is 39.6 Å². The smallest absolute Gasteiger partial charge is 0.255 e. The van der Waals surface area contributed by atoms with Crippen LogP contribution in [0.2, 0.25) is 0 Å². The zero-order valence-corrected chi connectivity index (χ0v) is 19.4. The fraction of sp³-hybridized carbons (Fsp3) is 0.0714. The lowest BCUT2D eigenvalue weighted by Crippen LogP contribution is -2.16. The summed E-state index contributed by atoms with van der Waals surface area (Å²) >= 11 is 0. The minimum Gasteiger partial charge on any atom is -0.377 e. The minimum atomic E-state index is -0.557. The maximum Gasteiger partial charge on any atom is 0.255 e. The number of fused-ring (bicyclic) bond motifs is 1. The van der Waals surface area contributed by atoms with Gasteiger partial charge in [0.25, 0.3) is 5.91 Å². The molecule has 1 aliphatic heterocycles. The second-order valence-electron chi connectivity index (χ2n) is 8.39. The Labute approximate surface area is 207 Å². The Morgan fingerprint density at radius 3 is 2.61 bits per heavy atom. The molecule has 1 amide bonds. The van der Waals surface area contributed by atoms with Gasteiger partial charge in [0, 0.05) is 54.0 Å². The molecule has 0 spiro atoms. The van der Waals surface area contributed by atoms with Gasteiger partial charge in [-0.2, -0.15) is 0 Å². The number of halogens is 2. The Hall–Kier alpha value is -4.72. The standard InChI is InChI=1S/C28H23F2N5O/c1-35-14-11-20(12-15-35)32-25-6-3-7-26(27(25)30)34-28(36)18-4-2-5-21(16-18)33-24-10-13-31-23-9-8-19(29)17-22(23)24/h2-14,16-17,32H,15H2,1H3,(H,31,33)(H,34,36). The van der Waals surface area contributed by atoms with E-state index in [-0.39, 0.29) is 17.2 Å². The summed E-state index contributed by atoms with van der Waals surface area (Å²) in [7, 11) is 1.95. The van der Waals surface area contributed by atoms with Crippen LogP contribution < -0.4 is 16.0 Å². The maximum absolute atomic E-state index is 15.1. The van der Waals surface area contributed by atoms with Crippen LogP contribution in [0.1, 0.15) is 10.4 Å². The average molecular weight is 484 g/mol. The zero-order valence-electron chi connectivity index (χ0n) is 19.4. The van der Waals surface area contributed by atoms with Crippen LogP contribution in [0.5, 0.6) is 0 Å². The Morgan fingerprint density at radius 1 is 0.944 bits per heavy atom. The molecular formula is C28H23F2N5O. The van der Waals surface area contributed by atoms with Crippen LogP contribution in [0.15, 0.2) is 97.0 Å². The van der Waals surface area contributed by atoms with E-state index in [1.807, 2.05) is 30.3 Å². The minimum absolute atomic E-state index is 0.0662. The molecule has 0 atom stereocenters. The highest BCUT2D eigenvalue weighted by atomic mass is 19.1. The van der Waals surface area contributed by atoms with Gasteiger partial charge >= 0.3 is 0 Å². The van der Waals surface area contributed by atoms with Gasteiger partial charge in [-0.3, -0.25) is 9.78 Å². The van der Waals surface area contributed by atoms with Gasteiger partial charge in [-0.15, -0.1) is 0 Å². The molecule has 3 aromatic carbocycles. The van der Waals surface area contributed by atoms with E-state index in [2.05, 4.69) is 20.9 Å². The lowest BCUT2D eigenvalue weighted by molar-refractivity contribution is 0.102. The third kappa shape index (κ3) is 5.02. The van der Waals surface area contributed by atoms with Crippen molar-refractivity contribution in [2.24, 2.45) is 0 Å². The van der Waals surface area contributed by atoms with E-state index in [9.17, 15) is 9.18 Å². The Bertz CT molecular complexity index is 1520. The number of pyridine rings is 1. The molecule has 0 radical (unpaired) electrons. The Kier molecular flexibility index (Phi) is 6.32. The fourth-order valence-corrected chi connectivity index (χ4v) is 3.87. The van der Waals surface area contributed by atoms with Crippen LogP contribution >= 0.6 is 0 Å². The first kappa shape index (κ1) is 23.0. The molecule has 0 unspecified atom stereocenters. The summed E-state index contributed by atoms with van der Waals surface area (Å²) in [5.74, 6) is -1.38. The maximum atomic E-state index is 15.1. The van der Waals surface area contributed by atoms with Crippen molar-refractivity contribution in [1.29, 1.82) is 0 Å². The van der Waals surface area contributed by atoms with Crippen molar-refractivity contribution in [3.63, 3.8) is 0 Å². The van der Waals surface area contributed by atoms with E-state index in [0.29, 0.717) is 34.4 Å². The molecule has 8 heteroatoms. The summed E-state index contributed by atoms with van der Waals surface area (Å²) in [6.07, 6.45) is 7.33. The molecule has 2 heterocycles. The van der Waals surface area contributed by atoms with E-state index >= 15 is 4.39 Å². The molecule has 1 aliphatic rings. The lowest BCUT2D eigenvalue weighted by Gasteiger charge is -2.19. The number of aromatic nitrogens is 1. The van der Waals surface area contributed by atoms with E-state index in [0.717, 1.165) is 5.70 Å². The first-order valence-electron chi connectivity index (χ1n) is 11.3. The second-order valence-corrected chi connectivity index (χ2v) is 8.39. The number of carbonyl (C=O) groups excluding carboxylic acids is 1. The predicted molar refractivity (Wildman–Crippen MR) is 139 cm³/mol. The van der Waals surface area contributed by atoms with Crippen LogP contribution in [0.25, 0.3) is 10.9 Å². The summed E-state index contributed by atoms with van der Waals surface area (Å²) in [6, 6.07) is 17.7. The molecule has 36 heavy (non-hydrogen) atoms. The monoisotopic (exact) mass is 483 g/mol. The van der Waals surface area contributed by atoms with Crippen molar-refractivity contribution in [3.8, 4) is 0 Å². The highest BCUT2D eigenvalue weighted by Crippen LogP contribution is 2.28. The zero-order chi connectivity index (χ0) is 25.1. The van der Waals surface area contributed by atoms with Gasteiger partial charge in [-0.1, -0.05) is 12.1 Å². The van der Waals surface area contributed by atoms with Gasteiger partial charge in [-0.25, -0.2) is 8.78 Å². The van der Waals surface area contributed by atoms with Crippen LogP contribution in [-0.4, -0.2) is 29.4 Å². The van der Waals surface area contributed by atoms with Crippen LogP contribution in [-0.2, 0) is 0 Å². The van der Waals surface area contributed by atoms with Crippen molar-refractivity contribution < 1.29 is 13.6 Å². The number of carbonyl (C=O) groups is 1. The van der Waals surface area contributed by atoms with Crippen LogP contribution in [0, 0.1) is 11.6 Å². The van der Waals surface area contributed by atoms with Crippen molar-refractivity contribution in [3.05, 3.63) is 114 Å². The SMILES string of the molecule is CN1C=CC(Nc2cccc(NC(=O)c3cccc(Nc4ccnc5ccc(F)cc45)c3)c2F)=CC1. The molecule has 5 rings (SSSR count). The number of nitrogens with one attached hydrogen (secondary N) is 3. The molecule has 3 N–H and O–H groups in total. The Morgan fingerprint density at radius 2 is 1.78 bits per heavy atom. The summed E-state index contributed by atoms with van der Waals surface area (Å²) < 4.78 is 28.9. The van der Waals surface area contributed by atoms with Gasteiger partial charge in [0.2, 0.25) is 0 Å². The quantitative estimate of drug-likeness (QED) is 0.302. The molecule has 6 nitrogen and oxygen atoms in total. The second kappa shape index (κ2) is 9.87. The van der Waals surface area contributed by atoms with Crippen LogP contribution in [0.4, 0.5) is 31.5 Å². The number of hydrogen-bond acceptors (Lipinski definition) is 5. The molecule has 0 saturated carbocycles. The van der Waals surface area contributed by atoms with Gasteiger partial charge in [0.15, 0.2) is 5.82 Å². The van der Waals surface area contributed by atoms with E-state index in [1.165, 1.54) is 18.2 Å². The van der Waals surface area contributed by atoms with Crippen LogP contribution in [0.3, 0.4) is 0 Å². The number of rotatable bonds is 6. The summed E-state index contributed by atoms with van der Waals surface area (Å²) in [5, 5.41) is 9.54. The molecule has 1 aromatic heterocycles. The van der Waals surface area contributed by atoms with Crippen molar-refractivity contribution in [2.45, 2.75) is 0 Å². The summed E-state index contributed by atoms with van der Waals surface area (Å²) in [6.45, 7) is 0.714. The number of amides is 1. The number of likely N-dealkylation sites (N-methyl/N-ethyl adjacent to an activating group) is 1. The number of nitrogens with zero attached hydrogens (tertiary/aromatic N) is 2. The lowest BCUT2D eigenvalue weighted by atomic mass is 10.1. The molecule has 0 aliphatic carbocycles. The average Bonchev–Trinajstić information content (AvgIpc) is 2.88. The predicted octanol–water partition coefficient (Wildman–Crippen LogP) is 6.26. The van der Waals surface area contributed by atoms with E-state index in [4.69, 9.17) is 0 Å². The van der Waals surface area contributed by atoms with Gasteiger partial charge in [0.05, 0.1) is 16.9 Å². The van der Waals surface area contributed by atoms with Crippen molar-refractivity contribution in [2.75, 3.05) is 29.5 Å². The van der Waals surface area contributed by atoms with Gasteiger partial charge in [0.1, 0.15) is 5.82 Å². The van der Waals surface area contributed by atoms with Crippen molar-refractivity contribution in [1.82, 2.24) is 9.88 Å².